The van der Waals surface area contributed by atoms with Gasteiger partial charge in [-0.15, -0.1) is 0 Å². The number of para-hydroxylation sites is 1. The first kappa shape index (κ1) is 20.1. The van der Waals surface area contributed by atoms with Crippen LogP contribution in [0.5, 0.6) is 0 Å². The van der Waals surface area contributed by atoms with E-state index in [-0.39, 0.29) is 18.1 Å². The highest BCUT2D eigenvalue weighted by Crippen LogP contribution is 2.29. The number of hydrogen-bond donors (Lipinski definition) is 2. The Morgan fingerprint density at radius 3 is 2.71 bits per heavy atom. The van der Waals surface area contributed by atoms with Crippen LogP contribution in [-0.2, 0) is 22.9 Å². The van der Waals surface area contributed by atoms with Crippen LogP contribution in [0.2, 0.25) is 0 Å². The molecule has 2 aromatic rings. The molecule has 2 N–H and O–H groups in total. The third kappa shape index (κ3) is 5.01. The molecule has 0 bridgehead atoms. The number of nitrogens with zero attached hydrogens (tertiary/aromatic N) is 2. The summed E-state index contributed by atoms with van der Waals surface area (Å²) < 4.78 is 40.1. The second-order valence-electron chi connectivity index (χ2n) is 6.57. The van der Waals surface area contributed by atoms with Gasteiger partial charge in [0.2, 0.25) is 10.0 Å². The monoisotopic (exact) mass is 404 g/mol. The van der Waals surface area contributed by atoms with E-state index in [1.165, 1.54) is 16.4 Å². The molecule has 1 aliphatic heterocycles. The molecule has 1 aliphatic rings. The summed E-state index contributed by atoms with van der Waals surface area (Å²) in [4.78, 5) is 4.10. The maximum Gasteiger partial charge on any atom is 0.236 e. The number of halogens is 1. The Hall–Kier alpha value is -2.61. The Morgan fingerprint density at radius 2 is 1.93 bits per heavy atom. The second-order valence-corrected chi connectivity index (χ2v) is 8.59. The first-order chi connectivity index (χ1) is 13.5. The average molecular weight is 405 g/mol. The maximum absolute atomic E-state index is 13.2. The van der Waals surface area contributed by atoms with Crippen LogP contribution in [0.3, 0.4) is 0 Å². The summed E-state index contributed by atoms with van der Waals surface area (Å²) in [5, 5.41) is 6.15. The van der Waals surface area contributed by atoms with Crippen molar-refractivity contribution in [1.82, 2.24) is 10.6 Å². The van der Waals surface area contributed by atoms with Gasteiger partial charge in [0.15, 0.2) is 5.96 Å². The lowest BCUT2D eigenvalue weighted by atomic mass is 10.1. The largest absolute Gasteiger partial charge is 0.356 e. The van der Waals surface area contributed by atoms with E-state index in [2.05, 4.69) is 15.6 Å². The van der Waals surface area contributed by atoms with Crippen molar-refractivity contribution in [3.63, 3.8) is 0 Å². The number of benzene rings is 2. The fraction of sp³-hybridized carbons (Fsp3) is 0.350. The zero-order valence-electron chi connectivity index (χ0n) is 15.9. The van der Waals surface area contributed by atoms with Crippen LogP contribution < -0.4 is 14.9 Å². The van der Waals surface area contributed by atoms with Gasteiger partial charge in [-0.2, -0.15) is 0 Å². The van der Waals surface area contributed by atoms with Crippen LogP contribution in [0.25, 0.3) is 0 Å². The molecular formula is C20H25FN4O2S. The first-order valence-corrected chi connectivity index (χ1v) is 10.9. The maximum atomic E-state index is 13.2. The number of sulfonamides is 1. The molecule has 150 valence electrons. The smallest absolute Gasteiger partial charge is 0.236 e. The summed E-state index contributed by atoms with van der Waals surface area (Å²) in [5.41, 5.74) is 2.73. The molecule has 0 radical (unpaired) electrons. The van der Waals surface area contributed by atoms with Crippen LogP contribution in [0, 0.1) is 5.82 Å². The van der Waals surface area contributed by atoms with Gasteiger partial charge >= 0.3 is 0 Å². The van der Waals surface area contributed by atoms with Crippen molar-refractivity contribution in [2.75, 3.05) is 36.7 Å². The van der Waals surface area contributed by atoms with E-state index in [1.54, 1.807) is 13.1 Å². The number of anilines is 1. The normalized spacial score (nSPS) is 14.1. The molecular weight excluding hydrogens is 379 g/mol. The van der Waals surface area contributed by atoms with E-state index in [9.17, 15) is 12.8 Å². The van der Waals surface area contributed by atoms with Crippen LogP contribution in [0.15, 0.2) is 53.5 Å². The lowest BCUT2D eigenvalue weighted by Crippen LogP contribution is -2.42. The molecule has 0 unspecified atom stereocenters. The quantitative estimate of drug-likeness (QED) is 0.546. The Labute approximate surface area is 165 Å². The minimum Gasteiger partial charge on any atom is -0.356 e. The van der Waals surface area contributed by atoms with Gasteiger partial charge in [0.1, 0.15) is 5.82 Å². The fourth-order valence-corrected chi connectivity index (χ4v) is 4.67. The van der Waals surface area contributed by atoms with E-state index in [4.69, 9.17) is 0 Å². The average Bonchev–Trinajstić information content (AvgIpc) is 3.12. The third-order valence-corrected chi connectivity index (χ3v) is 6.42. The van der Waals surface area contributed by atoms with Gasteiger partial charge in [-0.25, -0.2) is 12.8 Å². The van der Waals surface area contributed by atoms with Crippen molar-refractivity contribution >= 4 is 21.7 Å². The van der Waals surface area contributed by atoms with Gasteiger partial charge in [-0.05, 0) is 42.2 Å². The summed E-state index contributed by atoms with van der Waals surface area (Å²) in [7, 11) is -1.77. The van der Waals surface area contributed by atoms with Crippen molar-refractivity contribution in [3.05, 3.63) is 65.5 Å². The first-order valence-electron chi connectivity index (χ1n) is 9.27. The summed E-state index contributed by atoms with van der Waals surface area (Å²) in [5.74, 6) is 0.244. The van der Waals surface area contributed by atoms with Crippen LogP contribution in [-0.4, -0.2) is 46.8 Å². The van der Waals surface area contributed by atoms with Crippen LogP contribution in [0.4, 0.5) is 10.1 Å². The second kappa shape index (κ2) is 9.05. The molecule has 0 spiro atoms. The minimum absolute atomic E-state index is 0.0219. The molecule has 0 amide bonds. The number of nitrogens with one attached hydrogen (secondary N) is 2. The number of hydrogen-bond acceptors (Lipinski definition) is 3. The predicted octanol–water partition coefficient (Wildman–Crippen LogP) is 1.93. The van der Waals surface area contributed by atoms with E-state index in [0.29, 0.717) is 25.5 Å². The third-order valence-electron chi connectivity index (χ3n) is 4.65. The van der Waals surface area contributed by atoms with Gasteiger partial charge in [0.05, 0.1) is 11.4 Å². The molecule has 6 nitrogen and oxygen atoms in total. The molecule has 28 heavy (non-hydrogen) atoms. The van der Waals surface area contributed by atoms with Gasteiger partial charge in [-0.1, -0.05) is 30.3 Å². The molecule has 8 heteroatoms. The summed E-state index contributed by atoms with van der Waals surface area (Å²) >= 11 is 0. The van der Waals surface area contributed by atoms with E-state index < -0.39 is 10.0 Å². The molecule has 0 fully saturated rings. The van der Waals surface area contributed by atoms with Crippen molar-refractivity contribution in [3.8, 4) is 0 Å². The van der Waals surface area contributed by atoms with Crippen LogP contribution in [0.1, 0.15) is 11.1 Å². The Bertz CT molecular complexity index is 947. The summed E-state index contributed by atoms with van der Waals surface area (Å²) in [6.45, 7) is 1.30. The van der Waals surface area contributed by atoms with Gasteiger partial charge in [0.25, 0.3) is 0 Å². The molecule has 2 aromatic carbocycles. The molecule has 3 rings (SSSR count). The predicted molar refractivity (Wildman–Crippen MR) is 111 cm³/mol. The van der Waals surface area contributed by atoms with Crippen molar-refractivity contribution < 1.29 is 12.8 Å². The fourth-order valence-electron chi connectivity index (χ4n) is 3.24. The zero-order valence-corrected chi connectivity index (χ0v) is 16.7. The highest BCUT2D eigenvalue weighted by Gasteiger charge is 2.28. The van der Waals surface area contributed by atoms with Crippen molar-refractivity contribution in [2.45, 2.75) is 12.8 Å². The topological polar surface area (TPSA) is 73.8 Å². The van der Waals surface area contributed by atoms with Gasteiger partial charge in [0, 0.05) is 26.7 Å². The summed E-state index contributed by atoms with van der Waals surface area (Å²) in [6.07, 6.45) is 1.38. The molecule has 0 atom stereocenters. The Balaban J connectivity index is 1.46. The number of aliphatic imine (C=N–C) groups is 1. The van der Waals surface area contributed by atoms with E-state index in [1.807, 2.05) is 30.3 Å². The van der Waals surface area contributed by atoms with Gasteiger partial charge in [-0.3, -0.25) is 9.30 Å². The molecule has 1 heterocycles. The number of guanidine groups is 1. The standard InChI is InChI=1S/C20H25FN4O2S/c1-22-20(23-11-9-16-5-4-7-18(21)15-16)24-12-14-28(26,27)25-13-10-17-6-2-3-8-19(17)25/h2-8,15H,9-14H2,1H3,(H2,22,23,24). The lowest BCUT2D eigenvalue weighted by Gasteiger charge is -2.20. The highest BCUT2D eigenvalue weighted by molar-refractivity contribution is 7.92. The molecule has 0 aliphatic carbocycles. The minimum atomic E-state index is -3.40. The van der Waals surface area contributed by atoms with Crippen LogP contribution >= 0.6 is 0 Å². The van der Waals surface area contributed by atoms with Crippen molar-refractivity contribution in [2.24, 2.45) is 4.99 Å². The molecule has 0 aromatic heterocycles. The van der Waals surface area contributed by atoms with E-state index in [0.717, 1.165) is 23.2 Å². The number of fused-ring (bicyclic) bond motifs is 1. The number of rotatable bonds is 7. The zero-order chi connectivity index (χ0) is 20.0. The lowest BCUT2D eigenvalue weighted by molar-refractivity contribution is 0.591. The Morgan fingerprint density at radius 1 is 1.14 bits per heavy atom. The summed E-state index contributed by atoms with van der Waals surface area (Å²) in [6, 6.07) is 14.1. The van der Waals surface area contributed by atoms with E-state index >= 15 is 0 Å². The van der Waals surface area contributed by atoms with Crippen molar-refractivity contribution in [1.29, 1.82) is 0 Å². The SMILES string of the molecule is CN=C(NCCc1cccc(F)c1)NCCS(=O)(=O)N1CCc2ccccc21. The molecule has 0 saturated carbocycles. The Kier molecular flexibility index (Phi) is 6.51. The van der Waals surface area contributed by atoms with Gasteiger partial charge < -0.3 is 10.6 Å². The highest BCUT2D eigenvalue weighted by atomic mass is 32.2. The molecule has 0 saturated heterocycles.